The van der Waals surface area contributed by atoms with Crippen molar-refractivity contribution < 1.29 is 13.9 Å². The van der Waals surface area contributed by atoms with Crippen LogP contribution in [0.15, 0.2) is 61.3 Å². The Morgan fingerprint density at radius 2 is 2.12 bits per heavy atom. The van der Waals surface area contributed by atoms with Crippen molar-refractivity contribution in [2.24, 2.45) is 0 Å². The standard InChI is InChI=1S/C18H14FN5O2/c1-12(17-14(19)4-2-5-15(17)24-9-3-8-21-24)26-18(25)13-6-7-16-22-20-11-23(16)10-13/h2-12H,1H3/t12-/m1/s1. The van der Waals surface area contributed by atoms with E-state index in [2.05, 4.69) is 15.3 Å². The molecule has 8 heteroatoms. The summed E-state index contributed by atoms with van der Waals surface area (Å²) >= 11 is 0. The molecule has 4 aromatic rings. The van der Waals surface area contributed by atoms with Gasteiger partial charge in [0.25, 0.3) is 0 Å². The number of fused-ring (bicyclic) bond motifs is 1. The fourth-order valence-electron chi connectivity index (χ4n) is 2.77. The number of rotatable bonds is 4. The first-order valence-corrected chi connectivity index (χ1v) is 7.92. The minimum absolute atomic E-state index is 0.259. The van der Waals surface area contributed by atoms with Crippen molar-refractivity contribution in [3.8, 4) is 5.69 Å². The number of benzene rings is 1. The molecule has 0 saturated heterocycles. The second-order valence-corrected chi connectivity index (χ2v) is 5.68. The van der Waals surface area contributed by atoms with E-state index in [1.807, 2.05) is 0 Å². The Kier molecular flexibility index (Phi) is 3.92. The molecule has 0 amide bonds. The second-order valence-electron chi connectivity index (χ2n) is 5.68. The van der Waals surface area contributed by atoms with E-state index in [-0.39, 0.29) is 5.56 Å². The first-order chi connectivity index (χ1) is 12.6. The zero-order chi connectivity index (χ0) is 18.1. The number of esters is 1. The van der Waals surface area contributed by atoms with Gasteiger partial charge < -0.3 is 4.74 Å². The number of ether oxygens (including phenoxy) is 1. The Hall–Kier alpha value is -3.55. The van der Waals surface area contributed by atoms with Gasteiger partial charge in [-0.05, 0) is 37.3 Å². The van der Waals surface area contributed by atoms with Crippen molar-refractivity contribution in [1.29, 1.82) is 0 Å². The lowest BCUT2D eigenvalue weighted by Crippen LogP contribution is -2.14. The molecular formula is C18H14FN5O2. The summed E-state index contributed by atoms with van der Waals surface area (Å²) in [5.74, 6) is -1.03. The van der Waals surface area contributed by atoms with Crippen LogP contribution in [0.1, 0.15) is 28.9 Å². The molecule has 0 fully saturated rings. The van der Waals surface area contributed by atoms with Gasteiger partial charge in [-0.15, -0.1) is 10.2 Å². The van der Waals surface area contributed by atoms with Crippen molar-refractivity contribution in [3.63, 3.8) is 0 Å². The maximum Gasteiger partial charge on any atom is 0.340 e. The molecule has 3 heterocycles. The molecule has 0 unspecified atom stereocenters. The topological polar surface area (TPSA) is 74.3 Å². The van der Waals surface area contributed by atoms with Crippen molar-refractivity contribution in [2.45, 2.75) is 13.0 Å². The van der Waals surface area contributed by atoms with Crippen LogP contribution in [0.4, 0.5) is 4.39 Å². The highest BCUT2D eigenvalue weighted by Crippen LogP contribution is 2.27. The van der Waals surface area contributed by atoms with Crippen LogP contribution in [0, 0.1) is 5.82 Å². The monoisotopic (exact) mass is 351 g/mol. The van der Waals surface area contributed by atoms with Gasteiger partial charge in [-0.25, -0.2) is 13.9 Å². The highest BCUT2D eigenvalue weighted by atomic mass is 19.1. The predicted molar refractivity (Wildman–Crippen MR) is 90.3 cm³/mol. The van der Waals surface area contributed by atoms with E-state index in [0.29, 0.717) is 16.9 Å². The number of hydrogen-bond donors (Lipinski definition) is 0. The largest absolute Gasteiger partial charge is 0.454 e. The lowest BCUT2D eigenvalue weighted by atomic mass is 10.1. The molecule has 26 heavy (non-hydrogen) atoms. The number of carbonyl (C=O) groups is 1. The number of pyridine rings is 1. The summed E-state index contributed by atoms with van der Waals surface area (Å²) in [7, 11) is 0. The average Bonchev–Trinajstić information content (AvgIpc) is 3.32. The molecule has 4 rings (SSSR count). The number of aromatic nitrogens is 5. The molecule has 0 aliphatic carbocycles. The first kappa shape index (κ1) is 15.9. The van der Waals surface area contributed by atoms with Crippen LogP contribution in [-0.4, -0.2) is 30.3 Å². The SMILES string of the molecule is C[C@@H](OC(=O)c1ccc2nncn2c1)c1c(F)cccc1-n1cccn1. The summed E-state index contributed by atoms with van der Waals surface area (Å²) in [5, 5.41) is 11.8. The number of carbonyl (C=O) groups excluding carboxylic acids is 1. The van der Waals surface area contributed by atoms with Crippen LogP contribution in [0.25, 0.3) is 11.3 Å². The second kappa shape index (κ2) is 6.40. The Morgan fingerprint density at radius 3 is 2.92 bits per heavy atom. The van der Waals surface area contributed by atoms with E-state index in [0.717, 1.165) is 0 Å². The van der Waals surface area contributed by atoms with Crippen molar-refractivity contribution in [1.82, 2.24) is 24.4 Å². The number of halogens is 1. The Morgan fingerprint density at radius 1 is 1.23 bits per heavy atom. The molecule has 0 saturated carbocycles. The van der Waals surface area contributed by atoms with Crippen LogP contribution in [0.5, 0.6) is 0 Å². The summed E-state index contributed by atoms with van der Waals surface area (Å²) in [4.78, 5) is 12.5. The Labute approximate surface area is 147 Å². The quantitative estimate of drug-likeness (QED) is 0.529. The predicted octanol–water partition coefficient (Wildman–Crippen LogP) is 2.97. The third-order valence-electron chi connectivity index (χ3n) is 4.00. The molecule has 0 aliphatic rings. The van der Waals surface area contributed by atoms with Gasteiger partial charge in [0.2, 0.25) is 0 Å². The molecule has 1 aromatic carbocycles. The maximum atomic E-state index is 14.5. The molecule has 3 aromatic heterocycles. The van der Waals surface area contributed by atoms with E-state index in [9.17, 15) is 9.18 Å². The molecule has 0 spiro atoms. The van der Waals surface area contributed by atoms with E-state index >= 15 is 0 Å². The van der Waals surface area contributed by atoms with Crippen LogP contribution >= 0.6 is 0 Å². The van der Waals surface area contributed by atoms with E-state index in [4.69, 9.17) is 4.74 Å². The van der Waals surface area contributed by atoms with E-state index in [1.165, 1.54) is 17.1 Å². The number of nitrogens with zero attached hydrogens (tertiary/aromatic N) is 5. The van der Waals surface area contributed by atoms with Crippen LogP contribution in [0.3, 0.4) is 0 Å². The van der Waals surface area contributed by atoms with Crippen LogP contribution < -0.4 is 0 Å². The summed E-state index contributed by atoms with van der Waals surface area (Å²) in [6, 6.07) is 9.63. The van der Waals surface area contributed by atoms with Gasteiger partial charge in [0, 0.05) is 18.6 Å². The number of hydrogen-bond acceptors (Lipinski definition) is 5. The summed E-state index contributed by atoms with van der Waals surface area (Å²) < 4.78 is 23.1. The van der Waals surface area contributed by atoms with Crippen molar-refractivity contribution in [3.05, 3.63) is 78.3 Å². The fraction of sp³-hybridized carbons (Fsp3) is 0.111. The lowest BCUT2D eigenvalue weighted by molar-refractivity contribution is 0.0330. The van der Waals surface area contributed by atoms with Gasteiger partial charge in [0.05, 0.1) is 16.8 Å². The Bertz CT molecular complexity index is 1070. The lowest BCUT2D eigenvalue weighted by Gasteiger charge is -2.18. The molecule has 0 bridgehead atoms. The Balaban J connectivity index is 1.64. The van der Waals surface area contributed by atoms with Gasteiger partial charge in [-0.1, -0.05) is 6.07 Å². The normalized spacial score (nSPS) is 12.2. The van der Waals surface area contributed by atoms with Gasteiger partial charge in [-0.2, -0.15) is 5.10 Å². The van der Waals surface area contributed by atoms with Crippen LogP contribution in [0.2, 0.25) is 0 Å². The third kappa shape index (κ3) is 2.81. The van der Waals surface area contributed by atoms with Gasteiger partial charge in [0.1, 0.15) is 18.2 Å². The molecule has 0 radical (unpaired) electrons. The maximum absolute atomic E-state index is 14.5. The highest BCUT2D eigenvalue weighted by molar-refractivity contribution is 5.89. The fourth-order valence-corrected chi connectivity index (χ4v) is 2.77. The van der Waals surface area contributed by atoms with Gasteiger partial charge in [0.15, 0.2) is 5.65 Å². The van der Waals surface area contributed by atoms with Crippen LogP contribution in [-0.2, 0) is 4.74 Å². The molecule has 7 nitrogen and oxygen atoms in total. The summed E-state index contributed by atoms with van der Waals surface area (Å²) in [6.07, 6.45) is 5.55. The van der Waals surface area contributed by atoms with Gasteiger partial charge in [-0.3, -0.25) is 4.40 Å². The molecule has 0 N–H and O–H groups in total. The minimum Gasteiger partial charge on any atom is -0.454 e. The zero-order valence-electron chi connectivity index (χ0n) is 13.8. The van der Waals surface area contributed by atoms with Gasteiger partial charge >= 0.3 is 5.97 Å². The van der Waals surface area contributed by atoms with Crippen molar-refractivity contribution in [2.75, 3.05) is 0 Å². The zero-order valence-corrected chi connectivity index (χ0v) is 13.8. The highest BCUT2D eigenvalue weighted by Gasteiger charge is 2.21. The van der Waals surface area contributed by atoms with E-state index < -0.39 is 17.9 Å². The average molecular weight is 351 g/mol. The smallest absolute Gasteiger partial charge is 0.340 e. The first-order valence-electron chi connectivity index (χ1n) is 7.92. The molecule has 1 atom stereocenters. The molecule has 0 aliphatic heterocycles. The van der Waals surface area contributed by atoms with Crippen molar-refractivity contribution >= 4 is 11.6 Å². The minimum atomic E-state index is -0.806. The van der Waals surface area contributed by atoms with E-state index in [1.54, 1.807) is 60.2 Å². The molecular weight excluding hydrogens is 337 g/mol. The molecule has 130 valence electrons. The summed E-state index contributed by atoms with van der Waals surface area (Å²) in [5.41, 5.74) is 1.71. The third-order valence-corrected chi connectivity index (χ3v) is 4.00. The summed E-state index contributed by atoms with van der Waals surface area (Å²) in [6.45, 7) is 1.63.